The van der Waals surface area contributed by atoms with Gasteiger partial charge in [0.15, 0.2) is 5.82 Å². The van der Waals surface area contributed by atoms with E-state index in [0.717, 1.165) is 23.9 Å². The third kappa shape index (κ3) is 7.46. The van der Waals surface area contributed by atoms with Crippen LogP contribution in [0.5, 0.6) is 0 Å². The smallest absolute Gasteiger partial charge is 0.226 e. The van der Waals surface area contributed by atoms with E-state index in [1.54, 1.807) is 0 Å². The summed E-state index contributed by atoms with van der Waals surface area (Å²) in [6, 6.07) is 8.62. The first-order valence-electron chi connectivity index (χ1n) is 11.6. The standard InChI is InChI=1S/C25H38N4O2/c1-18-13-19(2)16-29(15-18)17-21-11-9-20(10-12-21)14-26-22(30)7-6-8-23-27-24(28-31-23)25(3,4)5/h9-12,18-19H,6-8,13-17H2,1-5H3,(H,26,30). The summed E-state index contributed by atoms with van der Waals surface area (Å²) in [5, 5.41) is 7.03. The van der Waals surface area contributed by atoms with Gasteiger partial charge in [-0.2, -0.15) is 4.98 Å². The maximum absolute atomic E-state index is 12.2. The molecule has 6 heteroatoms. The SMILES string of the molecule is CC1CC(C)CN(Cc2ccc(CNC(=O)CCCc3nc(C(C)(C)C)no3)cc2)C1. The van der Waals surface area contributed by atoms with Crippen molar-refractivity contribution in [3.05, 3.63) is 47.1 Å². The maximum atomic E-state index is 12.2. The highest BCUT2D eigenvalue weighted by molar-refractivity contribution is 5.75. The van der Waals surface area contributed by atoms with Crippen molar-refractivity contribution in [2.75, 3.05) is 13.1 Å². The van der Waals surface area contributed by atoms with Gasteiger partial charge in [-0.25, -0.2) is 0 Å². The molecule has 1 aliphatic heterocycles. The van der Waals surface area contributed by atoms with Gasteiger partial charge >= 0.3 is 0 Å². The highest BCUT2D eigenvalue weighted by Gasteiger charge is 2.22. The number of nitrogens with one attached hydrogen (secondary N) is 1. The molecule has 1 aliphatic rings. The quantitative estimate of drug-likeness (QED) is 0.674. The van der Waals surface area contributed by atoms with E-state index in [-0.39, 0.29) is 11.3 Å². The van der Waals surface area contributed by atoms with Crippen LogP contribution in [-0.4, -0.2) is 34.0 Å². The zero-order valence-electron chi connectivity index (χ0n) is 19.8. The molecule has 2 unspecified atom stereocenters. The topological polar surface area (TPSA) is 71.3 Å². The molecule has 1 fully saturated rings. The van der Waals surface area contributed by atoms with Gasteiger partial charge in [0.05, 0.1) is 0 Å². The molecule has 0 spiro atoms. The average molecular weight is 427 g/mol. The molecule has 170 valence electrons. The van der Waals surface area contributed by atoms with Crippen molar-refractivity contribution < 1.29 is 9.32 Å². The molecule has 6 nitrogen and oxygen atoms in total. The first-order chi connectivity index (χ1) is 14.7. The monoisotopic (exact) mass is 426 g/mol. The Bertz CT molecular complexity index is 828. The third-order valence-corrected chi connectivity index (χ3v) is 5.80. The van der Waals surface area contributed by atoms with Gasteiger partial charge in [-0.15, -0.1) is 0 Å². The molecule has 2 heterocycles. The number of carbonyl (C=O) groups excluding carboxylic acids is 1. The summed E-state index contributed by atoms with van der Waals surface area (Å²) in [7, 11) is 0. The Kier molecular flexibility index (Phi) is 7.87. The van der Waals surface area contributed by atoms with Gasteiger partial charge in [-0.05, 0) is 35.8 Å². The number of rotatable bonds is 8. The van der Waals surface area contributed by atoms with Gasteiger partial charge in [0.1, 0.15) is 0 Å². The number of hydrogen-bond acceptors (Lipinski definition) is 5. The van der Waals surface area contributed by atoms with E-state index in [4.69, 9.17) is 4.52 Å². The van der Waals surface area contributed by atoms with Crippen LogP contribution in [0.2, 0.25) is 0 Å². The number of carbonyl (C=O) groups is 1. The van der Waals surface area contributed by atoms with Gasteiger partial charge in [0.25, 0.3) is 0 Å². The zero-order chi connectivity index (χ0) is 22.4. The molecular weight excluding hydrogens is 388 g/mol. The van der Waals surface area contributed by atoms with E-state index in [0.29, 0.717) is 37.5 Å². The van der Waals surface area contributed by atoms with Gasteiger partial charge in [-0.3, -0.25) is 9.69 Å². The van der Waals surface area contributed by atoms with Crippen LogP contribution in [0, 0.1) is 11.8 Å². The molecule has 0 aliphatic carbocycles. The molecule has 0 radical (unpaired) electrons. The van der Waals surface area contributed by atoms with Gasteiger partial charge in [-0.1, -0.05) is 64.0 Å². The van der Waals surface area contributed by atoms with E-state index < -0.39 is 0 Å². The highest BCUT2D eigenvalue weighted by atomic mass is 16.5. The van der Waals surface area contributed by atoms with Crippen molar-refractivity contribution in [3.8, 4) is 0 Å². The maximum Gasteiger partial charge on any atom is 0.226 e. The summed E-state index contributed by atoms with van der Waals surface area (Å²) >= 11 is 0. The molecule has 1 saturated heterocycles. The first-order valence-corrected chi connectivity index (χ1v) is 11.6. The van der Waals surface area contributed by atoms with Crippen molar-refractivity contribution in [2.24, 2.45) is 11.8 Å². The minimum atomic E-state index is -0.126. The summed E-state index contributed by atoms with van der Waals surface area (Å²) in [5.74, 6) is 2.92. The van der Waals surface area contributed by atoms with Crippen LogP contribution >= 0.6 is 0 Å². The number of hydrogen-bond donors (Lipinski definition) is 1. The molecule has 1 N–H and O–H groups in total. The van der Waals surface area contributed by atoms with Gasteiger partial charge in [0, 0.05) is 44.4 Å². The van der Waals surface area contributed by atoms with E-state index in [9.17, 15) is 4.79 Å². The first kappa shape index (κ1) is 23.5. The normalized spacial score (nSPS) is 20.0. The van der Waals surface area contributed by atoms with Crippen LogP contribution in [0.25, 0.3) is 0 Å². The fraction of sp³-hybridized carbons (Fsp3) is 0.640. The summed E-state index contributed by atoms with van der Waals surface area (Å²) in [5.41, 5.74) is 2.34. The Morgan fingerprint density at radius 3 is 2.39 bits per heavy atom. The van der Waals surface area contributed by atoms with E-state index in [1.807, 2.05) is 0 Å². The lowest BCUT2D eigenvalue weighted by atomic mass is 9.91. The summed E-state index contributed by atoms with van der Waals surface area (Å²) in [6.45, 7) is 14.8. The number of benzene rings is 1. The van der Waals surface area contributed by atoms with Crippen LogP contribution in [-0.2, 0) is 29.7 Å². The second-order valence-electron chi connectivity index (χ2n) is 10.3. The fourth-order valence-corrected chi connectivity index (χ4v) is 4.29. The van der Waals surface area contributed by atoms with E-state index >= 15 is 0 Å². The van der Waals surface area contributed by atoms with Crippen molar-refractivity contribution in [1.82, 2.24) is 20.4 Å². The van der Waals surface area contributed by atoms with Crippen LogP contribution in [0.3, 0.4) is 0 Å². The Morgan fingerprint density at radius 1 is 1.13 bits per heavy atom. The van der Waals surface area contributed by atoms with Crippen molar-refractivity contribution in [2.45, 2.75) is 78.8 Å². The molecule has 1 amide bonds. The number of aryl methyl sites for hydroxylation is 1. The lowest BCUT2D eigenvalue weighted by Crippen LogP contribution is -2.38. The molecule has 0 saturated carbocycles. The lowest BCUT2D eigenvalue weighted by molar-refractivity contribution is -0.121. The predicted molar refractivity (Wildman–Crippen MR) is 122 cm³/mol. The molecule has 3 rings (SSSR count). The number of amides is 1. The molecule has 2 aromatic rings. The van der Waals surface area contributed by atoms with E-state index in [1.165, 1.54) is 25.1 Å². The van der Waals surface area contributed by atoms with Crippen molar-refractivity contribution in [1.29, 1.82) is 0 Å². The lowest BCUT2D eigenvalue weighted by Gasteiger charge is -2.35. The van der Waals surface area contributed by atoms with Crippen molar-refractivity contribution in [3.63, 3.8) is 0 Å². The van der Waals surface area contributed by atoms with E-state index in [2.05, 4.69) is 79.2 Å². The third-order valence-electron chi connectivity index (χ3n) is 5.80. The Labute approximate surface area is 186 Å². The number of likely N-dealkylation sites (tertiary alicyclic amines) is 1. The zero-order valence-corrected chi connectivity index (χ0v) is 19.8. The highest BCUT2D eigenvalue weighted by Crippen LogP contribution is 2.22. The number of nitrogens with zero attached hydrogens (tertiary/aromatic N) is 3. The van der Waals surface area contributed by atoms with Crippen LogP contribution < -0.4 is 5.32 Å². The van der Waals surface area contributed by atoms with Crippen LogP contribution in [0.4, 0.5) is 0 Å². The van der Waals surface area contributed by atoms with Gasteiger partial charge in [0.2, 0.25) is 11.8 Å². The summed E-state index contributed by atoms with van der Waals surface area (Å²) in [6.07, 6.45) is 3.11. The molecular formula is C25H38N4O2. The Morgan fingerprint density at radius 2 is 1.77 bits per heavy atom. The number of piperidine rings is 1. The summed E-state index contributed by atoms with van der Waals surface area (Å²) in [4.78, 5) is 19.2. The number of aromatic nitrogens is 2. The van der Waals surface area contributed by atoms with Crippen LogP contribution in [0.15, 0.2) is 28.8 Å². The molecule has 0 bridgehead atoms. The predicted octanol–water partition coefficient (Wildman–Crippen LogP) is 4.48. The van der Waals surface area contributed by atoms with Crippen molar-refractivity contribution >= 4 is 5.91 Å². The second-order valence-corrected chi connectivity index (χ2v) is 10.3. The summed E-state index contributed by atoms with van der Waals surface area (Å²) < 4.78 is 5.28. The average Bonchev–Trinajstić information content (AvgIpc) is 3.16. The largest absolute Gasteiger partial charge is 0.352 e. The van der Waals surface area contributed by atoms with Crippen LogP contribution in [0.1, 0.15) is 76.7 Å². The fourth-order valence-electron chi connectivity index (χ4n) is 4.29. The minimum absolute atomic E-state index is 0.0518. The molecule has 31 heavy (non-hydrogen) atoms. The molecule has 1 aromatic heterocycles. The minimum Gasteiger partial charge on any atom is -0.352 e. The van der Waals surface area contributed by atoms with Gasteiger partial charge < -0.3 is 9.84 Å². The molecule has 2 atom stereocenters. The Hall–Kier alpha value is -2.21. The second kappa shape index (κ2) is 10.4. The Balaban J connectivity index is 1.37. The molecule has 1 aromatic carbocycles.